The van der Waals surface area contributed by atoms with Gasteiger partial charge in [-0.15, -0.1) is 0 Å². The van der Waals surface area contributed by atoms with Crippen LogP contribution < -0.4 is 5.32 Å². The Hall–Kier alpha value is -2.43. The molecule has 1 aliphatic rings. The fourth-order valence-corrected chi connectivity index (χ4v) is 4.45. The zero-order chi connectivity index (χ0) is 20.3. The Morgan fingerprint density at radius 3 is 2.07 bits per heavy atom. The van der Waals surface area contributed by atoms with E-state index in [0.717, 1.165) is 22.5 Å². The van der Waals surface area contributed by atoms with Gasteiger partial charge in [0.1, 0.15) is 17.5 Å². The first-order valence-corrected chi connectivity index (χ1v) is 9.93. The second kappa shape index (κ2) is 8.29. The van der Waals surface area contributed by atoms with E-state index in [1.807, 2.05) is 0 Å². The number of carbonyl (C=O) groups is 1. The van der Waals surface area contributed by atoms with Crippen molar-refractivity contribution < 1.29 is 26.4 Å². The van der Waals surface area contributed by atoms with Crippen LogP contribution in [0.3, 0.4) is 0 Å². The van der Waals surface area contributed by atoms with Crippen LogP contribution in [0.4, 0.5) is 18.9 Å². The molecule has 1 N–H and O–H groups in total. The van der Waals surface area contributed by atoms with E-state index >= 15 is 0 Å². The van der Waals surface area contributed by atoms with E-state index in [2.05, 4.69) is 5.32 Å². The van der Waals surface area contributed by atoms with E-state index in [-0.39, 0.29) is 38.6 Å². The van der Waals surface area contributed by atoms with Gasteiger partial charge in [0.25, 0.3) is 0 Å². The largest absolute Gasteiger partial charge is 0.325 e. The molecule has 0 unspecified atom stereocenters. The van der Waals surface area contributed by atoms with Crippen molar-refractivity contribution in [2.24, 2.45) is 0 Å². The van der Waals surface area contributed by atoms with Gasteiger partial charge in [-0.1, -0.05) is 6.07 Å². The van der Waals surface area contributed by atoms with Crippen molar-refractivity contribution in [2.75, 3.05) is 38.0 Å². The second-order valence-electron chi connectivity index (χ2n) is 6.29. The molecule has 6 nitrogen and oxygen atoms in total. The summed E-state index contributed by atoms with van der Waals surface area (Å²) < 4.78 is 66.7. The Morgan fingerprint density at radius 1 is 0.929 bits per heavy atom. The Bertz CT molecular complexity index is 940. The fraction of sp³-hybridized carbons (Fsp3) is 0.278. The number of halogens is 3. The minimum Gasteiger partial charge on any atom is -0.325 e. The molecule has 0 aromatic heterocycles. The van der Waals surface area contributed by atoms with Gasteiger partial charge in [0, 0.05) is 31.9 Å². The van der Waals surface area contributed by atoms with Gasteiger partial charge in [-0.25, -0.2) is 21.6 Å². The summed E-state index contributed by atoms with van der Waals surface area (Å²) in [5.74, 6) is -3.02. The smallest absolute Gasteiger partial charge is 0.249 e. The van der Waals surface area contributed by atoms with E-state index in [4.69, 9.17) is 0 Å². The molecule has 1 aliphatic heterocycles. The Balaban J connectivity index is 1.58. The summed E-state index contributed by atoms with van der Waals surface area (Å²) in [6.45, 7) is 0.470. The molecule has 28 heavy (non-hydrogen) atoms. The molecule has 3 rings (SSSR count). The average Bonchev–Trinajstić information content (AvgIpc) is 2.64. The maximum Gasteiger partial charge on any atom is 0.249 e. The Morgan fingerprint density at radius 2 is 1.50 bits per heavy atom. The molecule has 10 heteroatoms. The molecule has 0 radical (unpaired) electrons. The molecule has 0 saturated carbocycles. The van der Waals surface area contributed by atoms with Crippen molar-refractivity contribution >= 4 is 21.6 Å². The number of nitrogens with zero attached hydrogens (tertiary/aromatic N) is 2. The van der Waals surface area contributed by atoms with Gasteiger partial charge in [0.2, 0.25) is 15.9 Å². The lowest BCUT2D eigenvalue weighted by atomic mass is 10.3. The standard InChI is InChI=1S/C18H18F3N3O3S/c19-13-4-6-14(7-5-13)22-17(25)12-23-8-10-24(11-9-23)28(26,27)18-15(20)2-1-3-16(18)21/h1-7H,8-12H2,(H,22,25). The number of hydrogen-bond acceptors (Lipinski definition) is 4. The first-order chi connectivity index (χ1) is 13.3. The van der Waals surface area contributed by atoms with E-state index < -0.39 is 32.4 Å². The maximum absolute atomic E-state index is 13.8. The summed E-state index contributed by atoms with van der Waals surface area (Å²) in [5, 5.41) is 2.62. The van der Waals surface area contributed by atoms with E-state index in [1.165, 1.54) is 24.3 Å². The third-order valence-electron chi connectivity index (χ3n) is 4.34. The molecule has 0 atom stereocenters. The number of sulfonamides is 1. The zero-order valence-corrected chi connectivity index (χ0v) is 15.6. The highest BCUT2D eigenvalue weighted by Crippen LogP contribution is 2.23. The molecule has 150 valence electrons. The van der Waals surface area contributed by atoms with E-state index in [0.29, 0.717) is 5.69 Å². The van der Waals surface area contributed by atoms with Crippen molar-refractivity contribution in [1.29, 1.82) is 0 Å². The quantitative estimate of drug-likeness (QED) is 0.815. The zero-order valence-electron chi connectivity index (χ0n) is 14.7. The van der Waals surface area contributed by atoms with E-state index in [1.54, 1.807) is 4.90 Å². The number of amides is 1. The van der Waals surface area contributed by atoms with Crippen LogP contribution in [-0.2, 0) is 14.8 Å². The van der Waals surface area contributed by atoms with Crippen molar-refractivity contribution in [2.45, 2.75) is 4.90 Å². The van der Waals surface area contributed by atoms with Crippen molar-refractivity contribution in [3.8, 4) is 0 Å². The first kappa shape index (κ1) is 20.3. The number of piperazine rings is 1. The molecule has 1 saturated heterocycles. The van der Waals surface area contributed by atoms with Crippen LogP contribution in [-0.4, -0.2) is 56.3 Å². The summed E-state index contributed by atoms with van der Waals surface area (Å²) in [4.78, 5) is 12.8. The molecule has 1 fully saturated rings. The molecule has 0 spiro atoms. The van der Waals surface area contributed by atoms with Crippen LogP contribution in [0.1, 0.15) is 0 Å². The summed E-state index contributed by atoms with van der Waals surface area (Å²) in [5.41, 5.74) is 0.447. The van der Waals surface area contributed by atoms with Crippen LogP contribution in [0.15, 0.2) is 47.4 Å². The molecule has 1 amide bonds. The van der Waals surface area contributed by atoms with Crippen molar-refractivity contribution in [3.63, 3.8) is 0 Å². The highest BCUT2D eigenvalue weighted by Gasteiger charge is 2.33. The number of hydrogen-bond donors (Lipinski definition) is 1. The molecular weight excluding hydrogens is 395 g/mol. The minimum atomic E-state index is -4.31. The SMILES string of the molecule is O=C(CN1CCN(S(=O)(=O)c2c(F)cccc2F)CC1)Nc1ccc(F)cc1. The molecular formula is C18H18F3N3O3S. The van der Waals surface area contributed by atoms with Crippen LogP contribution >= 0.6 is 0 Å². The van der Waals surface area contributed by atoms with Crippen molar-refractivity contribution in [1.82, 2.24) is 9.21 Å². The summed E-state index contributed by atoms with van der Waals surface area (Å²) in [7, 11) is -4.31. The second-order valence-corrected chi connectivity index (χ2v) is 8.16. The number of benzene rings is 2. The maximum atomic E-state index is 13.8. The number of carbonyl (C=O) groups excluding carboxylic acids is 1. The van der Waals surface area contributed by atoms with Crippen LogP contribution in [0.2, 0.25) is 0 Å². The van der Waals surface area contributed by atoms with Crippen LogP contribution in [0, 0.1) is 17.5 Å². The molecule has 0 aliphatic carbocycles. The highest BCUT2D eigenvalue weighted by atomic mass is 32.2. The fourth-order valence-electron chi connectivity index (χ4n) is 2.92. The third-order valence-corrected chi connectivity index (χ3v) is 6.29. The Labute approximate surface area is 160 Å². The average molecular weight is 413 g/mol. The lowest BCUT2D eigenvalue weighted by molar-refractivity contribution is -0.117. The van der Waals surface area contributed by atoms with Crippen LogP contribution in [0.25, 0.3) is 0 Å². The molecule has 1 heterocycles. The number of nitrogens with one attached hydrogen (secondary N) is 1. The predicted octanol–water partition coefficient (Wildman–Crippen LogP) is 2.05. The molecule has 0 bridgehead atoms. The summed E-state index contributed by atoms with van der Waals surface area (Å²) >= 11 is 0. The van der Waals surface area contributed by atoms with Crippen molar-refractivity contribution in [3.05, 3.63) is 59.9 Å². The van der Waals surface area contributed by atoms with Gasteiger partial charge in [-0.3, -0.25) is 9.69 Å². The molecule has 2 aromatic rings. The summed E-state index contributed by atoms with van der Waals surface area (Å²) in [6, 6.07) is 8.20. The van der Waals surface area contributed by atoms with Gasteiger partial charge >= 0.3 is 0 Å². The lowest BCUT2D eigenvalue weighted by Crippen LogP contribution is -2.50. The van der Waals surface area contributed by atoms with Crippen LogP contribution in [0.5, 0.6) is 0 Å². The van der Waals surface area contributed by atoms with Gasteiger partial charge < -0.3 is 5.32 Å². The summed E-state index contributed by atoms with van der Waals surface area (Å²) in [6.07, 6.45) is 0. The van der Waals surface area contributed by atoms with E-state index in [9.17, 15) is 26.4 Å². The molecule has 2 aromatic carbocycles. The number of anilines is 1. The van der Waals surface area contributed by atoms with Gasteiger partial charge in [0.05, 0.1) is 6.54 Å². The first-order valence-electron chi connectivity index (χ1n) is 8.49. The van der Waals surface area contributed by atoms with Gasteiger partial charge in [0.15, 0.2) is 4.90 Å². The minimum absolute atomic E-state index is 0.0000636. The normalized spacial score (nSPS) is 16.1. The van der Waals surface area contributed by atoms with Gasteiger partial charge in [-0.05, 0) is 36.4 Å². The highest BCUT2D eigenvalue weighted by molar-refractivity contribution is 7.89. The monoisotopic (exact) mass is 413 g/mol. The Kier molecular flexibility index (Phi) is 6.01. The third kappa shape index (κ3) is 4.51. The number of rotatable bonds is 5. The predicted molar refractivity (Wildman–Crippen MR) is 96.6 cm³/mol. The lowest BCUT2D eigenvalue weighted by Gasteiger charge is -2.33. The topological polar surface area (TPSA) is 69.7 Å². The van der Waals surface area contributed by atoms with Gasteiger partial charge in [-0.2, -0.15) is 4.31 Å².